The van der Waals surface area contributed by atoms with Gasteiger partial charge in [-0.15, -0.1) is 0 Å². The van der Waals surface area contributed by atoms with Crippen molar-refractivity contribution in [2.75, 3.05) is 7.05 Å². The lowest BCUT2D eigenvalue weighted by Crippen LogP contribution is -2.40. The number of nitrogens with zero attached hydrogens (tertiary/aromatic N) is 1. The maximum Gasteiger partial charge on any atom is 0.326 e. The molecule has 1 aromatic rings. The molecule has 0 spiro atoms. The Balaban J connectivity index is 3.04. The lowest BCUT2D eigenvalue weighted by molar-refractivity contribution is -0.141. The highest BCUT2D eigenvalue weighted by Crippen LogP contribution is 2.22. The molecule has 6 heteroatoms. The van der Waals surface area contributed by atoms with Crippen molar-refractivity contribution in [3.05, 3.63) is 33.8 Å². The Bertz CT molecular complexity index is 462. The molecule has 1 aromatic carbocycles. The second-order valence-electron chi connectivity index (χ2n) is 3.55. The maximum absolute atomic E-state index is 12.0. The quantitative estimate of drug-likeness (QED) is 0.922. The minimum absolute atomic E-state index is 0.190. The number of carbonyl (C=O) groups is 2. The van der Waals surface area contributed by atoms with E-state index in [0.29, 0.717) is 5.02 Å². The van der Waals surface area contributed by atoms with E-state index in [2.05, 4.69) is 0 Å². The Morgan fingerprint density at radius 2 is 1.94 bits per heavy atom. The van der Waals surface area contributed by atoms with Gasteiger partial charge in [0, 0.05) is 12.1 Å². The highest BCUT2D eigenvalue weighted by Gasteiger charge is 2.24. The first kappa shape index (κ1) is 13.8. The molecule has 0 aromatic heterocycles. The zero-order valence-electron chi connectivity index (χ0n) is 9.28. The number of carboxylic acids is 1. The topological polar surface area (TPSA) is 57.6 Å². The molecule has 92 valence electrons. The van der Waals surface area contributed by atoms with Gasteiger partial charge in [-0.05, 0) is 25.1 Å². The molecule has 0 fully saturated rings. The van der Waals surface area contributed by atoms with E-state index >= 15 is 0 Å². The van der Waals surface area contributed by atoms with Gasteiger partial charge < -0.3 is 10.0 Å². The van der Waals surface area contributed by atoms with Crippen molar-refractivity contribution in [1.29, 1.82) is 0 Å². The van der Waals surface area contributed by atoms with Crippen LogP contribution in [0.4, 0.5) is 0 Å². The first-order chi connectivity index (χ1) is 7.84. The second-order valence-corrected chi connectivity index (χ2v) is 4.40. The van der Waals surface area contributed by atoms with Crippen molar-refractivity contribution in [3.8, 4) is 0 Å². The van der Waals surface area contributed by atoms with Crippen LogP contribution in [0.2, 0.25) is 10.0 Å². The number of carboxylic acid groups (broad SMARTS) is 1. The van der Waals surface area contributed by atoms with Crippen LogP contribution < -0.4 is 0 Å². The van der Waals surface area contributed by atoms with Gasteiger partial charge in [0.2, 0.25) is 0 Å². The number of rotatable bonds is 3. The number of benzene rings is 1. The van der Waals surface area contributed by atoms with Crippen molar-refractivity contribution in [1.82, 2.24) is 4.90 Å². The van der Waals surface area contributed by atoms with Crippen molar-refractivity contribution >= 4 is 35.1 Å². The number of halogens is 2. The molecule has 0 aliphatic heterocycles. The highest BCUT2D eigenvalue weighted by molar-refractivity contribution is 6.35. The molecule has 1 rings (SSSR count). The van der Waals surface area contributed by atoms with E-state index < -0.39 is 17.9 Å². The summed E-state index contributed by atoms with van der Waals surface area (Å²) in [6, 6.07) is 3.53. The number of aliphatic carboxylic acids is 1. The van der Waals surface area contributed by atoms with Crippen LogP contribution in [0.25, 0.3) is 0 Å². The van der Waals surface area contributed by atoms with Gasteiger partial charge in [-0.1, -0.05) is 23.2 Å². The fraction of sp³-hybridized carbons (Fsp3) is 0.273. The van der Waals surface area contributed by atoms with Crippen LogP contribution in [0, 0.1) is 0 Å². The van der Waals surface area contributed by atoms with E-state index in [1.165, 1.54) is 26.1 Å². The second kappa shape index (κ2) is 5.38. The highest BCUT2D eigenvalue weighted by atomic mass is 35.5. The Morgan fingerprint density at radius 3 is 2.47 bits per heavy atom. The number of hydrogen-bond acceptors (Lipinski definition) is 2. The predicted octanol–water partition coefficient (Wildman–Crippen LogP) is 2.54. The number of likely N-dealkylation sites (N-methyl/N-ethyl adjacent to an activating group) is 1. The Hall–Kier alpha value is -1.26. The fourth-order valence-electron chi connectivity index (χ4n) is 1.19. The zero-order chi connectivity index (χ0) is 13.2. The Kier molecular flexibility index (Phi) is 4.37. The summed E-state index contributed by atoms with van der Waals surface area (Å²) in [5, 5.41) is 9.43. The standard InChI is InChI=1S/C11H11Cl2NO3/c1-6(11(16)17)14(2)10(15)8-5-7(12)3-4-9(8)13/h3-6H,1-2H3,(H,16,17). The molecule has 0 aliphatic rings. The van der Waals surface area contributed by atoms with Crippen LogP contribution in [0.5, 0.6) is 0 Å². The average molecular weight is 276 g/mol. The maximum atomic E-state index is 12.0. The van der Waals surface area contributed by atoms with Crippen LogP contribution in [0.1, 0.15) is 17.3 Å². The first-order valence-corrected chi connectivity index (χ1v) is 5.55. The van der Waals surface area contributed by atoms with Crippen LogP contribution in [0.3, 0.4) is 0 Å². The van der Waals surface area contributed by atoms with Crippen molar-refractivity contribution in [2.45, 2.75) is 13.0 Å². The lowest BCUT2D eigenvalue weighted by atomic mass is 10.1. The lowest BCUT2D eigenvalue weighted by Gasteiger charge is -2.22. The normalized spacial score (nSPS) is 12.0. The smallest absolute Gasteiger partial charge is 0.326 e. The van der Waals surface area contributed by atoms with Gasteiger partial charge >= 0.3 is 5.97 Å². The molecule has 17 heavy (non-hydrogen) atoms. The summed E-state index contributed by atoms with van der Waals surface area (Å²) in [6.45, 7) is 1.42. The SMILES string of the molecule is CC(C(=O)O)N(C)C(=O)c1cc(Cl)ccc1Cl. The van der Waals surface area contributed by atoms with Crippen LogP contribution >= 0.6 is 23.2 Å². The molecular weight excluding hydrogens is 265 g/mol. The molecule has 0 aliphatic carbocycles. The largest absolute Gasteiger partial charge is 0.480 e. The molecule has 1 N–H and O–H groups in total. The predicted molar refractivity (Wildman–Crippen MR) is 65.7 cm³/mol. The number of carbonyl (C=O) groups excluding carboxylic acids is 1. The van der Waals surface area contributed by atoms with Crippen LogP contribution in [-0.4, -0.2) is 35.0 Å². The molecule has 4 nitrogen and oxygen atoms in total. The van der Waals surface area contributed by atoms with Gasteiger partial charge in [0.1, 0.15) is 6.04 Å². The molecule has 0 saturated heterocycles. The summed E-state index contributed by atoms with van der Waals surface area (Å²) in [6.07, 6.45) is 0. The van der Waals surface area contributed by atoms with Gasteiger partial charge in [0.25, 0.3) is 5.91 Å². The summed E-state index contributed by atoms with van der Waals surface area (Å²) in [5.74, 6) is -1.56. The Labute approximate surface area is 109 Å². The summed E-state index contributed by atoms with van der Waals surface area (Å²) in [5.41, 5.74) is 0.190. The minimum Gasteiger partial charge on any atom is -0.480 e. The monoisotopic (exact) mass is 275 g/mol. The molecule has 0 radical (unpaired) electrons. The third kappa shape index (κ3) is 3.11. The summed E-state index contributed by atoms with van der Waals surface area (Å²) in [4.78, 5) is 23.9. The van der Waals surface area contributed by atoms with Gasteiger partial charge in [0.05, 0.1) is 10.6 Å². The van der Waals surface area contributed by atoms with Gasteiger partial charge in [-0.3, -0.25) is 4.79 Å². The van der Waals surface area contributed by atoms with E-state index in [1.807, 2.05) is 0 Å². The molecule has 1 unspecified atom stereocenters. The van der Waals surface area contributed by atoms with Crippen LogP contribution in [-0.2, 0) is 4.79 Å². The number of amides is 1. The summed E-state index contributed by atoms with van der Waals surface area (Å²) < 4.78 is 0. The summed E-state index contributed by atoms with van der Waals surface area (Å²) in [7, 11) is 1.40. The zero-order valence-corrected chi connectivity index (χ0v) is 10.8. The first-order valence-electron chi connectivity index (χ1n) is 4.79. The minimum atomic E-state index is -1.08. The molecule has 0 saturated carbocycles. The molecule has 0 bridgehead atoms. The van der Waals surface area contributed by atoms with Gasteiger partial charge in [-0.2, -0.15) is 0 Å². The van der Waals surface area contributed by atoms with Crippen molar-refractivity contribution < 1.29 is 14.7 Å². The van der Waals surface area contributed by atoms with E-state index in [-0.39, 0.29) is 10.6 Å². The van der Waals surface area contributed by atoms with Gasteiger partial charge in [-0.25, -0.2) is 4.79 Å². The third-order valence-corrected chi connectivity index (χ3v) is 2.98. The molecule has 0 heterocycles. The fourth-order valence-corrected chi connectivity index (χ4v) is 1.56. The molecular formula is C11H11Cl2NO3. The molecule has 1 atom stereocenters. The third-order valence-electron chi connectivity index (χ3n) is 2.42. The van der Waals surface area contributed by atoms with Gasteiger partial charge in [0.15, 0.2) is 0 Å². The number of hydrogen-bond donors (Lipinski definition) is 1. The van der Waals surface area contributed by atoms with Crippen molar-refractivity contribution in [3.63, 3.8) is 0 Å². The van der Waals surface area contributed by atoms with Crippen molar-refractivity contribution in [2.24, 2.45) is 0 Å². The average Bonchev–Trinajstić information content (AvgIpc) is 2.29. The van der Waals surface area contributed by atoms with E-state index in [1.54, 1.807) is 6.07 Å². The van der Waals surface area contributed by atoms with E-state index in [0.717, 1.165) is 4.90 Å². The molecule has 1 amide bonds. The van der Waals surface area contributed by atoms with E-state index in [9.17, 15) is 9.59 Å². The summed E-state index contributed by atoms with van der Waals surface area (Å²) >= 11 is 11.6. The Morgan fingerprint density at radius 1 is 1.35 bits per heavy atom. The van der Waals surface area contributed by atoms with E-state index in [4.69, 9.17) is 28.3 Å². The van der Waals surface area contributed by atoms with Crippen LogP contribution in [0.15, 0.2) is 18.2 Å².